The molecule has 0 amide bonds. The van der Waals surface area contributed by atoms with Crippen LogP contribution < -0.4 is 0 Å². The lowest BCUT2D eigenvalue weighted by Crippen LogP contribution is -2.08. The largest absolute Gasteiger partial charge is 0.462 e. The highest BCUT2D eigenvalue weighted by Crippen LogP contribution is 2.12. The Hall–Kier alpha value is -2.95. The number of hydrogen-bond donors (Lipinski definition) is 0. The fourth-order valence-corrected chi connectivity index (χ4v) is 1.98. The fourth-order valence-electron chi connectivity index (χ4n) is 1.98. The predicted molar refractivity (Wildman–Crippen MR) is 82.9 cm³/mol. The molecule has 0 spiro atoms. The van der Waals surface area contributed by atoms with E-state index in [1.165, 1.54) is 6.08 Å². The zero-order valence-electron chi connectivity index (χ0n) is 11.8. The molecule has 5 heteroatoms. The fraction of sp³-hybridized carbons (Fsp3) is 0.118. The van der Waals surface area contributed by atoms with Gasteiger partial charge in [0.05, 0.1) is 17.1 Å². The van der Waals surface area contributed by atoms with E-state index in [0.717, 1.165) is 17.3 Å². The minimum atomic E-state index is -0.508. The third kappa shape index (κ3) is 4.56. The molecule has 0 saturated carbocycles. The van der Waals surface area contributed by atoms with E-state index < -0.39 is 4.92 Å². The van der Waals surface area contributed by atoms with Crippen LogP contribution in [0.4, 0.5) is 0 Å². The van der Waals surface area contributed by atoms with Crippen LogP contribution >= 0.6 is 0 Å². The van der Waals surface area contributed by atoms with Gasteiger partial charge in [-0.25, -0.2) is 4.79 Å². The summed E-state index contributed by atoms with van der Waals surface area (Å²) in [6.45, 7) is 0.219. The van der Waals surface area contributed by atoms with Crippen LogP contribution in [0.25, 0.3) is 6.08 Å². The molecule has 0 bridgehead atoms. The molecule has 0 saturated heterocycles. The summed E-state index contributed by atoms with van der Waals surface area (Å²) < 4.78 is 5.22. The summed E-state index contributed by atoms with van der Waals surface area (Å²) in [6.07, 6.45) is 2.83. The Balaban J connectivity index is 1.95. The molecule has 0 aromatic heterocycles. The summed E-state index contributed by atoms with van der Waals surface area (Å²) in [5, 5.41) is 10.4. The number of carbonyl (C=O) groups excluding carboxylic acids is 1. The lowest BCUT2D eigenvalue weighted by molar-refractivity contribution is -0.400. The number of nitro groups is 1. The van der Waals surface area contributed by atoms with Crippen LogP contribution in [0, 0.1) is 10.1 Å². The molecule has 0 fully saturated rings. The summed E-state index contributed by atoms with van der Waals surface area (Å²) in [5.74, 6) is -0.376. The quantitative estimate of drug-likeness (QED) is 0.466. The average molecular weight is 297 g/mol. The van der Waals surface area contributed by atoms with Crippen molar-refractivity contribution in [1.82, 2.24) is 0 Å². The predicted octanol–water partition coefficient (Wildman–Crippen LogP) is 3.33. The van der Waals surface area contributed by atoms with Crippen LogP contribution in [0.5, 0.6) is 0 Å². The molecule has 0 aliphatic rings. The number of nitrogens with zero attached hydrogens (tertiary/aromatic N) is 1. The SMILES string of the molecule is O=C(OCCc1ccccc1/C=C/[N+](=O)[O-])c1ccccc1. The molecular formula is C17H15NO4. The Morgan fingerprint density at radius 3 is 2.50 bits per heavy atom. The molecule has 2 aromatic rings. The lowest BCUT2D eigenvalue weighted by Gasteiger charge is -2.07. The van der Waals surface area contributed by atoms with Gasteiger partial charge in [-0.15, -0.1) is 0 Å². The molecule has 0 heterocycles. The topological polar surface area (TPSA) is 69.4 Å². The highest BCUT2D eigenvalue weighted by molar-refractivity contribution is 5.89. The highest BCUT2D eigenvalue weighted by Gasteiger charge is 2.07. The van der Waals surface area contributed by atoms with E-state index in [0.29, 0.717) is 12.0 Å². The van der Waals surface area contributed by atoms with Crippen molar-refractivity contribution in [3.05, 3.63) is 87.6 Å². The van der Waals surface area contributed by atoms with Crippen LogP contribution in [0.1, 0.15) is 21.5 Å². The summed E-state index contributed by atoms with van der Waals surface area (Å²) in [6, 6.07) is 16.0. The zero-order chi connectivity index (χ0) is 15.8. The van der Waals surface area contributed by atoms with Crippen molar-refractivity contribution in [2.24, 2.45) is 0 Å². The lowest BCUT2D eigenvalue weighted by atomic mass is 10.1. The first-order valence-electron chi connectivity index (χ1n) is 6.78. The molecule has 2 rings (SSSR count). The van der Waals surface area contributed by atoms with Gasteiger partial charge in [0.2, 0.25) is 6.20 Å². The first-order chi connectivity index (χ1) is 10.7. The average Bonchev–Trinajstić information content (AvgIpc) is 2.54. The van der Waals surface area contributed by atoms with E-state index in [2.05, 4.69) is 0 Å². The molecule has 2 aromatic carbocycles. The van der Waals surface area contributed by atoms with Crippen molar-refractivity contribution in [1.29, 1.82) is 0 Å². The first kappa shape index (κ1) is 15.4. The number of rotatable bonds is 6. The van der Waals surface area contributed by atoms with E-state index >= 15 is 0 Å². The van der Waals surface area contributed by atoms with Gasteiger partial charge in [-0.3, -0.25) is 10.1 Å². The second-order valence-electron chi connectivity index (χ2n) is 4.55. The molecule has 0 aliphatic carbocycles. The van der Waals surface area contributed by atoms with Crippen molar-refractivity contribution in [2.75, 3.05) is 6.61 Å². The van der Waals surface area contributed by atoms with Gasteiger partial charge in [0.15, 0.2) is 0 Å². The third-order valence-electron chi connectivity index (χ3n) is 3.04. The zero-order valence-corrected chi connectivity index (χ0v) is 11.8. The smallest absolute Gasteiger partial charge is 0.338 e. The molecular weight excluding hydrogens is 282 g/mol. The second-order valence-corrected chi connectivity index (χ2v) is 4.55. The van der Waals surface area contributed by atoms with Gasteiger partial charge in [-0.05, 0) is 23.3 Å². The van der Waals surface area contributed by atoms with Crippen LogP contribution in [-0.4, -0.2) is 17.5 Å². The standard InChI is InChI=1S/C17H15NO4/c19-17(16-8-2-1-3-9-16)22-13-11-15-7-5-4-6-14(15)10-12-18(20)21/h1-10,12H,11,13H2/b12-10+. The van der Waals surface area contributed by atoms with Gasteiger partial charge in [0.25, 0.3) is 0 Å². The first-order valence-corrected chi connectivity index (χ1v) is 6.78. The van der Waals surface area contributed by atoms with E-state index in [-0.39, 0.29) is 12.6 Å². The number of carbonyl (C=O) groups is 1. The maximum atomic E-state index is 11.8. The summed E-state index contributed by atoms with van der Waals surface area (Å²) >= 11 is 0. The maximum Gasteiger partial charge on any atom is 0.338 e. The molecule has 0 aliphatic heterocycles. The summed E-state index contributed by atoms with van der Waals surface area (Å²) in [7, 11) is 0. The van der Waals surface area contributed by atoms with E-state index in [1.54, 1.807) is 36.4 Å². The molecule has 112 valence electrons. The van der Waals surface area contributed by atoms with Gasteiger partial charge in [0.1, 0.15) is 0 Å². The van der Waals surface area contributed by atoms with Crippen molar-refractivity contribution in [3.8, 4) is 0 Å². The molecule has 0 atom stereocenters. The number of esters is 1. The van der Waals surface area contributed by atoms with Crippen molar-refractivity contribution >= 4 is 12.0 Å². The Bertz CT molecular complexity index is 680. The number of hydrogen-bond acceptors (Lipinski definition) is 4. The van der Waals surface area contributed by atoms with Gasteiger partial charge >= 0.3 is 5.97 Å². The molecule has 0 N–H and O–H groups in total. The van der Waals surface area contributed by atoms with Crippen molar-refractivity contribution < 1.29 is 14.5 Å². The Morgan fingerprint density at radius 1 is 1.09 bits per heavy atom. The van der Waals surface area contributed by atoms with Crippen LogP contribution in [0.3, 0.4) is 0 Å². The number of benzene rings is 2. The molecule has 5 nitrogen and oxygen atoms in total. The molecule has 22 heavy (non-hydrogen) atoms. The normalized spacial score (nSPS) is 10.5. The maximum absolute atomic E-state index is 11.8. The van der Waals surface area contributed by atoms with Gasteiger partial charge in [-0.1, -0.05) is 42.5 Å². The second kappa shape index (κ2) is 7.73. The summed E-state index contributed by atoms with van der Waals surface area (Å²) in [4.78, 5) is 21.7. The van der Waals surface area contributed by atoms with E-state index in [4.69, 9.17) is 4.74 Å². The Kier molecular flexibility index (Phi) is 5.43. The van der Waals surface area contributed by atoms with Crippen LogP contribution in [-0.2, 0) is 11.2 Å². The van der Waals surface area contributed by atoms with E-state index in [1.807, 2.05) is 18.2 Å². The van der Waals surface area contributed by atoms with Gasteiger partial charge in [0, 0.05) is 12.5 Å². The minimum Gasteiger partial charge on any atom is -0.462 e. The van der Waals surface area contributed by atoms with Crippen LogP contribution in [0.2, 0.25) is 0 Å². The van der Waals surface area contributed by atoms with Crippen molar-refractivity contribution in [2.45, 2.75) is 6.42 Å². The monoisotopic (exact) mass is 297 g/mol. The third-order valence-corrected chi connectivity index (χ3v) is 3.04. The number of ether oxygens (including phenoxy) is 1. The van der Waals surface area contributed by atoms with E-state index in [9.17, 15) is 14.9 Å². The molecule has 0 radical (unpaired) electrons. The minimum absolute atomic E-state index is 0.219. The van der Waals surface area contributed by atoms with Gasteiger partial charge in [-0.2, -0.15) is 0 Å². The van der Waals surface area contributed by atoms with Crippen LogP contribution in [0.15, 0.2) is 60.8 Å². The van der Waals surface area contributed by atoms with Crippen molar-refractivity contribution in [3.63, 3.8) is 0 Å². The molecule has 0 unspecified atom stereocenters. The summed E-state index contributed by atoms with van der Waals surface area (Å²) in [5.41, 5.74) is 2.14. The Labute approximate surface area is 128 Å². The van der Waals surface area contributed by atoms with Gasteiger partial charge < -0.3 is 4.74 Å². The highest BCUT2D eigenvalue weighted by atomic mass is 16.6. The Morgan fingerprint density at radius 2 is 1.77 bits per heavy atom.